The molecule has 1 atom stereocenters. The van der Waals surface area contributed by atoms with Crippen molar-refractivity contribution in [3.05, 3.63) is 23.5 Å². The van der Waals surface area contributed by atoms with Gasteiger partial charge in [0.05, 0.1) is 17.3 Å². The fraction of sp³-hybridized carbons (Fsp3) is 0.143. The molecule has 2 rings (SSSR count). The Kier molecular flexibility index (Phi) is 1.21. The zero-order valence-corrected chi connectivity index (χ0v) is 5.92. The largest absolute Gasteiger partial charge is 0.265 e. The standard InChI is InChI=1S/C7H5ClN2/c8-6-3-9-4-7-5(6)1-2-10-7/h1-4,6H/t6-/m1/s1. The van der Waals surface area contributed by atoms with Crippen molar-refractivity contribution in [2.75, 3.05) is 0 Å². The summed E-state index contributed by atoms with van der Waals surface area (Å²) in [6.07, 6.45) is 7.07. The highest BCUT2D eigenvalue weighted by Gasteiger charge is 2.17. The highest BCUT2D eigenvalue weighted by molar-refractivity contribution is 6.31. The molecule has 2 nitrogen and oxygen atoms in total. The first-order valence-electron chi connectivity index (χ1n) is 3.00. The minimum atomic E-state index is -0.0949. The van der Waals surface area contributed by atoms with Crippen LogP contribution in [0.15, 0.2) is 33.5 Å². The minimum Gasteiger partial charge on any atom is -0.265 e. The monoisotopic (exact) mass is 152 g/mol. The van der Waals surface area contributed by atoms with Gasteiger partial charge in [-0.05, 0) is 6.08 Å². The summed E-state index contributed by atoms with van der Waals surface area (Å²) in [5.41, 5.74) is 1.94. The molecule has 0 bridgehead atoms. The second-order valence-electron chi connectivity index (χ2n) is 2.11. The van der Waals surface area contributed by atoms with Gasteiger partial charge in [0, 0.05) is 18.0 Å². The van der Waals surface area contributed by atoms with Crippen LogP contribution in [0, 0.1) is 0 Å². The van der Waals surface area contributed by atoms with Crippen molar-refractivity contribution in [1.29, 1.82) is 0 Å². The molecule has 0 aliphatic carbocycles. The molecule has 0 radical (unpaired) electrons. The van der Waals surface area contributed by atoms with Gasteiger partial charge in [0.25, 0.3) is 0 Å². The van der Waals surface area contributed by atoms with Crippen LogP contribution >= 0.6 is 11.6 Å². The quantitative estimate of drug-likeness (QED) is 0.471. The molecule has 2 aliphatic rings. The van der Waals surface area contributed by atoms with Gasteiger partial charge in [-0.2, -0.15) is 0 Å². The Balaban J connectivity index is 2.45. The average Bonchev–Trinajstić information content (AvgIpc) is 2.36. The number of allylic oxidation sites excluding steroid dienone is 2. The van der Waals surface area contributed by atoms with Crippen LogP contribution in [-0.4, -0.2) is 17.8 Å². The van der Waals surface area contributed by atoms with Crippen molar-refractivity contribution in [3.63, 3.8) is 0 Å². The van der Waals surface area contributed by atoms with E-state index in [0.717, 1.165) is 11.3 Å². The van der Waals surface area contributed by atoms with E-state index in [1.165, 1.54) is 0 Å². The van der Waals surface area contributed by atoms with Gasteiger partial charge in [-0.1, -0.05) is 0 Å². The van der Waals surface area contributed by atoms with Crippen LogP contribution in [0.1, 0.15) is 0 Å². The van der Waals surface area contributed by atoms with Crippen LogP contribution in [0.25, 0.3) is 0 Å². The van der Waals surface area contributed by atoms with Crippen LogP contribution < -0.4 is 0 Å². The zero-order chi connectivity index (χ0) is 6.97. The molecule has 0 aromatic carbocycles. The fourth-order valence-electron chi connectivity index (χ4n) is 0.968. The minimum absolute atomic E-state index is 0.0949. The van der Waals surface area contributed by atoms with Gasteiger partial charge >= 0.3 is 0 Å². The number of halogens is 1. The third-order valence-electron chi connectivity index (χ3n) is 1.47. The van der Waals surface area contributed by atoms with Crippen LogP contribution in [0.4, 0.5) is 0 Å². The Morgan fingerprint density at radius 2 is 2.40 bits per heavy atom. The van der Waals surface area contributed by atoms with Gasteiger partial charge in [-0.15, -0.1) is 11.6 Å². The number of alkyl halides is 1. The lowest BCUT2D eigenvalue weighted by Gasteiger charge is -2.08. The maximum absolute atomic E-state index is 5.88. The summed E-state index contributed by atoms with van der Waals surface area (Å²) >= 11 is 5.88. The molecule has 0 saturated heterocycles. The van der Waals surface area contributed by atoms with Gasteiger partial charge in [0.15, 0.2) is 0 Å². The molecule has 0 spiro atoms. The van der Waals surface area contributed by atoms with E-state index in [4.69, 9.17) is 11.6 Å². The van der Waals surface area contributed by atoms with Crippen molar-refractivity contribution in [2.45, 2.75) is 5.38 Å². The van der Waals surface area contributed by atoms with Gasteiger partial charge in [-0.25, -0.2) is 0 Å². The Morgan fingerprint density at radius 3 is 3.20 bits per heavy atom. The van der Waals surface area contributed by atoms with E-state index < -0.39 is 0 Å². The summed E-state index contributed by atoms with van der Waals surface area (Å²) in [5.74, 6) is 0. The number of hydrogen-bond acceptors (Lipinski definition) is 2. The Hall–Kier alpha value is -0.890. The molecule has 0 N–H and O–H groups in total. The molecular formula is C7H5ClN2. The average molecular weight is 153 g/mol. The van der Waals surface area contributed by atoms with E-state index in [9.17, 15) is 0 Å². The summed E-state index contributed by atoms with van der Waals surface area (Å²) in [7, 11) is 0. The van der Waals surface area contributed by atoms with Crippen molar-refractivity contribution < 1.29 is 0 Å². The van der Waals surface area contributed by atoms with E-state index in [-0.39, 0.29) is 5.38 Å². The molecule has 2 aliphatic heterocycles. The predicted molar refractivity (Wildman–Crippen MR) is 42.8 cm³/mol. The fourth-order valence-corrected chi connectivity index (χ4v) is 1.22. The molecule has 0 amide bonds. The van der Waals surface area contributed by atoms with E-state index in [1.807, 2.05) is 6.08 Å². The number of nitrogens with zero attached hydrogens (tertiary/aromatic N) is 2. The number of fused-ring (bicyclic) bond motifs is 1. The molecule has 3 heteroatoms. The molecule has 0 aromatic rings. The topological polar surface area (TPSA) is 24.7 Å². The van der Waals surface area contributed by atoms with Crippen LogP contribution in [0.2, 0.25) is 0 Å². The third-order valence-corrected chi connectivity index (χ3v) is 1.82. The Labute approximate surface area is 63.6 Å². The van der Waals surface area contributed by atoms with Crippen molar-refractivity contribution in [2.24, 2.45) is 9.98 Å². The normalized spacial score (nSPS) is 27.9. The molecule has 10 heavy (non-hydrogen) atoms. The SMILES string of the molecule is Cl[C@@H]1C=NC=C2N=CC=C21. The first kappa shape index (κ1) is 5.86. The molecule has 0 unspecified atom stereocenters. The Morgan fingerprint density at radius 1 is 1.50 bits per heavy atom. The number of rotatable bonds is 0. The lowest BCUT2D eigenvalue weighted by molar-refractivity contribution is 1.21. The van der Waals surface area contributed by atoms with E-state index in [0.29, 0.717) is 0 Å². The van der Waals surface area contributed by atoms with Gasteiger partial charge in [-0.3, -0.25) is 9.98 Å². The lowest BCUT2D eigenvalue weighted by atomic mass is 10.1. The molecular weight excluding hydrogens is 148 g/mol. The maximum Gasteiger partial charge on any atom is 0.0959 e. The first-order valence-corrected chi connectivity index (χ1v) is 3.44. The van der Waals surface area contributed by atoms with Gasteiger partial charge in [0.2, 0.25) is 0 Å². The summed E-state index contributed by atoms with van der Waals surface area (Å²) in [6.45, 7) is 0. The molecule has 0 saturated carbocycles. The number of hydrogen-bond donors (Lipinski definition) is 0. The lowest BCUT2D eigenvalue weighted by Crippen LogP contribution is -2.07. The summed E-state index contributed by atoms with van der Waals surface area (Å²) < 4.78 is 0. The zero-order valence-electron chi connectivity index (χ0n) is 5.16. The second-order valence-corrected chi connectivity index (χ2v) is 2.58. The molecule has 2 heterocycles. The van der Waals surface area contributed by atoms with Crippen LogP contribution in [-0.2, 0) is 0 Å². The highest BCUT2D eigenvalue weighted by atomic mass is 35.5. The van der Waals surface area contributed by atoms with E-state index in [2.05, 4.69) is 9.98 Å². The van der Waals surface area contributed by atoms with E-state index >= 15 is 0 Å². The summed E-state index contributed by atoms with van der Waals surface area (Å²) in [5, 5.41) is -0.0949. The summed E-state index contributed by atoms with van der Waals surface area (Å²) in [4.78, 5) is 7.98. The maximum atomic E-state index is 5.88. The third kappa shape index (κ3) is 0.727. The highest BCUT2D eigenvalue weighted by Crippen LogP contribution is 2.24. The van der Waals surface area contributed by atoms with Crippen molar-refractivity contribution in [3.8, 4) is 0 Å². The molecule has 0 aromatic heterocycles. The van der Waals surface area contributed by atoms with E-state index in [1.54, 1.807) is 18.6 Å². The number of aliphatic imine (C=N–C) groups is 2. The smallest absolute Gasteiger partial charge is 0.0959 e. The van der Waals surface area contributed by atoms with Gasteiger partial charge in [0.1, 0.15) is 0 Å². The second kappa shape index (κ2) is 2.06. The van der Waals surface area contributed by atoms with Crippen molar-refractivity contribution in [1.82, 2.24) is 0 Å². The predicted octanol–water partition coefficient (Wildman–Crippen LogP) is 1.53. The van der Waals surface area contributed by atoms with Gasteiger partial charge < -0.3 is 0 Å². The van der Waals surface area contributed by atoms with Crippen molar-refractivity contribution >= 4 is 24.0 Å². The van der Waals surface area contributed by atoms with Crippen LogP contribution in [0.5, 0.6) is 0 Å². The Bertz CT molecular complexity index is 273. The molecule has 50 valence electrons. The molecule has 0 fully saturated rings. The first-order chi connectivity index (χ1) is 4.88. The summed E-state index contributed by atoms with van der Waals surface area (Å²) in [6, 6.07) is 0. The van der Waals surface area contributed by atoms with Crippen LogP contribution in [0.3, 0.4) is 0 Å².